The van der Waals surface area contributed by atoms with Crippen molar-refractivity contribution in [3.05, 3.63) is 40.3 Å². The minimum absolute atomic E-state index is 0.0326. The van der Waals surface area contributed by atoms with Gasteiger partial charge in [0.05, 0.1) is 7.11 Å². The number of benzene rings is 1. The number of ether oxygens (including phenoxy) is 2. The molecule has 0 aliphatic carbocycles. The van der Waals surface area contributed by atoms with Gasteiger partial charge in [-0.05, 0) is 18.6 Å². The summed E-state index contributed by atoms with van der Waals surface area (Å²) in [5.74, 6) is 1.05. The molecule has 2 amide bonds. The topological polar surface area (TPSA) is 89.6 Å². The van der Waals surface area contributed by atoms with Gasteiger partial charge in [-0.2, -0.15) is 0 Å². The van der Waals surface area contributed by atoms with Crippen LogP contribution in [0.1, 0.15) is 60.9 Å². The Bertz CT molecular complexity index is 794. The summed E-state index contributed by atoms with van der Waals surface area (Å²) in [5, 5.41) is 8.00. The molecule has 0 fully saturated rings. The fraction of sp³-hybridized carbons (Fsp3) is 0.500. The number of hydrogen-bond acceptors (Lipinski definition) is 6. The summed E-state index contributed by atoms with van der Waals surface area (Å²) in [6, 6.07) is 7.37. The third-order valence-corrected chi connectivity index (χ3v) is 5.27. The number of amides is 2. The summed E-state index contributed by atoms with van der Waals surface area (Å²) in [6.07, 6.45) is 6.14. The van der Waals surface area contributed by atoms with Crippen molar-refractivity contribution < 1.29 is 19.1 Å². The van der Waals surface area contributed by atoms with Crippen LogP contribution in [0.3, 0.4) is 0 Å². The molecule has 2 N–H and O–H groups in total. The number of carbonyl (C=O) groups excluding carboxylic acids is 2. The summed E-state index contributed by atoms with van der Waals surface area (Å²) in [7, 11) is 1.59. The first-order valence-corrected chi connectivity index (χ1v) is 11.3. The average Bonchev–Trinajstić information content (AvgIpc) is 3.24. The zero-order valence-electron chi connectivity index (χ0n) is 17.7. The van der Waals surface area contributed by atoms with E-state index in [2.05, 4.69) is 22.5 Å². The van der Waals surface area contributed by atoms with Crippen molar-refractivity contribution in [2.75, 3.05) is 20.2 Å². The molecule has 7 nitrogen and oxygen atoms in total. The number of rotatable bonds is 14. The van der Waals surface area contributed by atoms with Crippen molar-refractivity contribution in [3.8, 4) is 11.5 Å². The first kappa shape index (κ1) is 23.7. The molecule has 30 heavy (non-hydrogen) atoms. The molecule has 2 rings (SSSR count). The highest BCUT2D eigenvalue weighted by molar-refractivity contribution is 7.09. The van der Waals surface area contributed by atoms with Crippen molar-refractivity contribution in [2.24, 2.45) is 0 Å². The van der Waals surface area contributed by atoms with Crippen LogP contribution in [0.4, 0.5) is 0 Å². The van der Waals surface area contributed by atoms with E-state index < -0.39 is 0 Å². The van der Waals surface area contributed by atoms with Gasteiger partial charge in [-0.3, -0.25) is 9.59 Å². The van der Waals surface area contributed by atoms with Gasteiger partial charge < -0.3 is 20.1 Å². The van der Waals surface area contributed by atoms with Crippen LogP contribution in [0.15, 0.2) is 29.6 Å². The molecule has 0 atom stereocenters. The highest BCUT2D eigenvalue weighted by Crippen LogP contribution is 2.27. The van der Waals surface area contributed by atoms with Gasteiger partial charge in [-0.25, -0.2) is 4.98 Å². The molecule has 1 heterocycles. The number of para-hydroxylation sites is 2. The van der Waals surface area contributed by atoms with Crippen LogP contribution in [-0.2, 0) is 11.4 Å². The fourth-order valence-corrected chi connectivity index (χ4v) is 3.49. The molecule has 164 valence electrons. The Morgan fingerprint density at radius 3 is 2.53 bits per heavy atom. The maximum Gasteiger partial charge on any atom is 0.270 e. The molecule has 1 aromatic heterocycles. The third kappa shape index (κ3) is 8.41. The Balaban J connectivity index is 1.64. The van der Waals surface area contributed by atoms with Crippen LogP contribution < -0.4 is 20.1 Å². The van der Waals surface area contributed by atoms with Crippen molar-refractivity contribution >= 4 is 23.2 Å². The summed E-state index contributed by atoms with van der Waals surface area (Å²) in [5.41, 5.74) is 0.348. The number of aromatic nitrogens is 1. The highest BCUT2D eigenvalue weighted by atomic mass is 32.1. The van der Waals surface area contributed by atoms with Crippen LogP contribution in [0, 0.1) is 0 Å². The fourth-order valence-electron chi connectivity index (χ4n) is 2.81. The number of carbonyl (C=O) groups is 2. The summed E-state index contributed by atoms with van der Waals surface area (Å²) >= 11 is 1.36. The molecule has 8 heteroatoms. The Morgan fingerprint density at radius 2 is 1.77 bits per heavy atom. The lowest BCUT2D eigenvalue weighted by molar-refractivity contribution is -0.121. The molecule has 0 aliphatic rings. The molecule has 1 aromatic carbocycles. The maximum atomic E-state index is 12.2. The van der Waals surface area contributed by atoms with Crippen molar-refractivity contribution in [1.29, 1.82) is 0 Å². The van der Waals surface area contributed by atoms with Gasteiger partial charge in [0.25, 0.3) is 5.91 Å². The predicted octanol–water partition coefficient (Wildman–Crippen LogP) is 3.94. The van der Waals surface area contributed by atoms with Gasteiger partial charge >= 0.3 is 0 Å². The molecule has 2 aromatic rings. The lowest BCUT2D eigenvalue weighted by Crippen LogP contribution is -2.34. The molecule has 0 radical (unpaired) electrons. The summed E-state index contributed by atoms with van der Waals surface area (Å²) in [6.45, 7) is 3.20. The predicted molar refractivity (Wildman–Crippen MR) is 118 cm³/mol. The van der Waals surface area contributed by atoms with E-state index in [9.17, 15) is 9.59 Å². The second-order valence-electron chi connectivity index (χ2n) is 6.84. The average molecular weight is 434 g/mol. The number of methoxy groups -OCH3 is 1. The highest BCUT2D eigenvalue weighted by Gasteiger charge is 2.12. The van der Waals surface area contributed by atoms with E-state index in [-0.39, 0.29) is 18.4 Å². The Kier molecular flexibility index (Phi) is 10.7. The van der Waals surface area contributed by atoms with Crippen LogP contribution in [0.5, 0.6) is 11.5 Å². The van der Waals surface area contributed by atoms with E-state index in [1.165, 1.54) is 30.6 Å². The molecule has 0 bridgehead atoms. The Labute approximate surface area is 182 Å². The number of thiazole rings is 1. The standard InChI is InChI=1S/C22H31N3O4S/c1-3-4-5-6-7-12-20(26)23-13-14-24-22(27)17-16-30-21(25-17)15-29-19-11-9-8-10-18(19)28-2/h8-11,16H,3-7,12-15H2,1-2H3,(H,23,26)(H,24,27). The SMILES string of the molecule is CCCCCCCC(=O)NCCNC(=O)c1csc(COc2ccccc2OC)n1. The first-order valence-electron chi connectivity index (χ1n) is 10.4. The zero-order valence-corrected chi connectivity index (χ0v) is 18.6. The second kappa shape index (κ2) is 13.6. The number of nitrogens with one attached hydrogen (secondary N) is 2. The molecule has 0 saturated heterocycles. The van der Waals surface area contributed by atoms with Crippen LogP contribution in [0.25, 0.3) is 0 Å². The maximum absolute atomic E-state index is 12.2. The van der Waals surface area contributed by atoms with Gasteiger partial charge in [-0.1, -0.05) is 44.7 Å². The summed E-state index contributed by atoms with van der Waals surface area (Å²) < 4.78 is 11.0. The van der Waals surface area contributed by atoms with Crippen LogP contribution >= 0.6 is 11.3 Å². The smallest absolute Gasteiger partial charge is 0.270 e. The molecule has 0 spiro atoms. The quantitative estimate of drug-likeness (QED) is 0.441. The second-order valence-corrected chi connectivity index (χ2v) is 7.78. The zero-order chi connectivity index (χ0) is 21.6. The lowest BCUT2D eigenvalue weighted by Gasteiger charge is -2.08. The van der Waals surface area contributed by atoms with Crippen LogP contribution in [0.2, 0.25) is 0 Å². The number of hydrogen-bond donors (Lipinski definition) is 2. The van der Waals surface area contributed by atoms with E-state index >= 15 is 0 Å². The molecular weight excluding hydrogens is 402 g/mol. The van der Waals surface area contributed by atoms with Gasteiger partial charge in [0.1, 0.15) is 17.3 Å². The van der Waals surface area contributed by atoms with E-state index in [4.69, 9.17) is 9.47 Å². The first-order chi connectivity index (χ1) is 14.6. The van der Waals surface area contributed by atoms with Gasteiger partial charge in [0, 0.05) is 24.9 Å². The monoisotopic (exact) mass is 433 g/mol. The number of nitrogens with zero attached hydrogens (tertiary/aromatic N) is 1. The van der Waals surface area contributed by atoms with Crippen molar-refractivity contribution in [1.82, 2.24) is 15.6 Å². The largest absolute Gasteiger partial charge is 0.493 e. The van der Waals surface area contributed by atoms with Crippen LogP contribution in [-0.4, -0.2) is 37.0 Å². The van der Waals surface area contributed by atoms with Gasteiger partial charge in [-0.15, -0.1) is 11.3 Å². The number of unbranched alkanes of at least 4 members (excludes halogenated alkanes) is 4. The normalized spacial score (nSPS) is 10.5. The Morgan fingerprint density at radius 1 is 1.03 bits per heavy atom. The molecule has 0 aliphatic heterocycles. The minimum Gasteiger partial charge on any atom is -0.493 e. The van der Waals surface area contributed by atoms with Gasteiger partial charge in [0.2, 0.25) is 5.91 Å². The summed E-state index contributed by atoms with van der Waals surface area (Å²) in [4.78, 5) is 28.3. The molecular formula is C22H31N3O4S. The molecule has 0 unspecified atom stereocenters. The van der Waals surface area contributed by atoms with E-state index in [0.717, 1.165) is 12.8 Å². The minimum atomic E-state index is -0.261. The van der Waals surface area contributed by atoms with E-state index in [1.807, 2.05) is 24.3 Å². The van der Waals surface area contributed by atoms with Crippen molar-refractivity contribution in [3.63, 3.8) is 0 Å². The van der Waals surface area contributed by atoms with Gasteiger partial charge in [0.15, 0.2) is 11.5 Å². The van der Waals surface area contributed by atoms with E-state index in [0.29, 0.717) is 41.7 Å². The van der Waals surface area contributed by atoms with E-state index in [1.54, 1.807) is 12.5 Å². The molecule has 0 saturated carbocycles. The Hall–Kier alpha value is -2.61. The third-order valence-electron chi connectivity index (χ3n) is 4.44. The van der Waals surface area contributed by atoms with Crippen molar-refractivity contribution in [2.45, 2.75) is 52.1 Å². The lowest BCUT2D eigenvalue weighted by atomic mass is 10.1.